The number of aryl methyl sites for hydroxylation is 2. The molecule has 0 fully saturated rings. The molecule has 0 aliphatic carbocycles. The molecule has 0 spiro atoms. The number of rotatable bonds is 6. The van der Waals surface area contributed by atoms with E-state index in [0.29, 0.717) is 24.4 Å². The Balaban J connectivity index is 1.85. The number of hydrogen-bond acceptors (Lipinski definition) is 5. The molecule has 1 N–H and O–H groups in total. The van der Waals surface area contributed by atoms with E-state index in [-0.39, 0.29) is 11.8 Å². The van der Waals surface area contributed by atoms with Crippen molar-refractivity contribution < 1.29 is 17.9 Å². The average Bonchev–Trinajstić information content (AvgIpc) is 3.00. The van der Waals surface area contributed by atoms with Gasteiger partial charge in [-0.1, -0.05) is 18.2 Å². The monoisotopic (exact) mass is 381 g/mol. The van der Waals surface area contributed by atoms with Gasteiger partial charge in [-0.25, -0.2) is 9.97 Å². The number of benzene rings is 1. The average molecular weight is 381 g/mol. The molecule has 0 unspecified atom stereocenters. The number of aromatic nitrogens is 2. The number of para-hydroxylation sites is 1. The molecule has 3 rings (SSSR count). The van der Waals surface area contributed by atoms with Gasteiger partial charge in [0.25, 0.3) is 0 Å². The van der Waals surface area contributed by atoms with Gasteiger partial charge >= 0.3 is 6.36 Å². The van der Waals surface area contributed by atoms with Gasteiger partial charge in [-0.05, 0) is 49.8 Å². The van der Waals surface area contributed by atoms with Crippen LogP contribution in [-0.2, 0) is 12.8 Å². The van der Waals surface area contributed by atoms with E-state index in [9.17, 15) is 13.2 Å². The zero-order chi connectivity index (χ0) is 18.7. The SMILES string of the molecule is CC(C)Nc1nc(CCc2ccccc2OC(F)(F)F)c2sccc2n1. The molecular weight excluding hydrogens is 363 g/mol. The van der Waals surface area contributed by atoms with Crippen molar-refractivity contribution in [3.05, 3.63) is 47.0 Å². The van der Waals surface area contributed by atoms with E-state index >= 15 is 0 Å². The number of thiophene rings is 1. The van der Waals surface area contributed by atoms with Gasteiger partial charge < -0.3 is 10.1 Å². The predicted octanol–water partition coefficient (Wildman–Crippen LogP) is 5.20. The van der Waals surface area contributed by atoms with Crippen LogP contribution in [0.25, 0.3) is 10.2 Å². The maximum Gasteiger partial charge on any atom is 0.573 e. The highest BCUT2D eigenvalue weighted by Gasteiger charge is 2.31. The maximum atomic E-state index is 12.6. The Bertz CT molecular complexity index is 893. The summed E-state index contributed by atoms with van der Waals surface area (Å²) in [5.74, 6) is 0.359. The number of anilines is 1. The lowest BCUT2D eigenvalue weighted by molar-refractivity contribution is -0.274. The molecule has 138 valence electrons. The highest BCUT2D eigenvalue weighted by molar-refractivity contribution is 7.17. The first-order valence-corrected chi connectivity index (χ1v) is 9.04. The molecule has 0 saturated carbocycles. The summed E-state index contributed by atoms with van der Waals surface area (Å²) < 4.78 is 42.8. The number of nitrogens with one attached hydrogen (secondary N) is 1. The second kappa shape index (κ2) is 7.49. The normalized spacial score (nSPS) is 11.9. The molecule has 0 bridgehead atoms. The lowest BCUT2D eigenvalue weighted by atomic mass is 10.1. The minimum atomic E-state index is -4.71. The van der Waals surface area contributed by atoms with Gasteiger partial charge in [0, 0.05) is 6.04 Å². The van der Waals surface area contributed by atoms with Gasteiger partial charge in [-0.15, -0.1) is 24.5 Å². The fraction of sp³-hybridized carbons (Fsp3) is 0.333. The second-order valence-corrected chi connectivity index (χ2v) is 7.00. The lowest BCUT2D eigenvalue weighted by Gasteiger charge is -2.14. The molecule has 0 atom stereocenters. The van der Waals surface area contributed by atoms with E-state index in [1.165, 1.54) is 23.5 Å². The number of fused-ring (bicyclic) bond motifs is 1. The summed E-state index contributed by atoms with van der Waals surface area (Å²) in [6, 6.07) is 8.29. The van der Waals surface area contributed by atoms with Crippen molar-refractivity contribution in [2.75, 3.05) is 5.32 Å². The molecule has 26 heavy (non-hydrogen) atoms. The van der Waals surface area contributed by atoms with Crippen molar-refractivity contribution in [3.8, 4) is 5.75 Å². The van der Waals surface area contributed by atoms with Crippen molar-refractivity contribution in [2.24, 2.45) is 0 Å². The van der Waals surface area contributed by atoms with E-state index in [2.05, 4.69) is 20.0 Å². The summed E-state index contributed by atoms with van der Waals surface area (Å²) in [6.07, 6.45) is -3.83. The molecule has 3 aromatic rings. The fourth-order valence-electron chi connectivity index (χ4n) is 2.60. The first-order chi connectivity index (χ1) is 12.3. The van der Waals surface area contributed by atoms with Gasteiger partial charge in [0.15, 0.2) is 0 Å². The van der Waals surface area contributed by atoms with E-state index in [1.54, 1.807) is 12.1 Å². The van der Waals surface area contributed by atoms with Crippen LogP contribution in [0.2, 0.25) is 0 Å². The summed E-state index contributed by atoms with van der Waals surface area (Å²) in [5.41, 5.74) is 2.14. The maximum absolute atomic E-state index is 12.6. The molecule has 0 aliphatic heterocycles. The van der Waals surface area contributed by atoms with Crippen molar-refractivity contribution in [1.29, 1.82) is 0 Å². The summed E-state index contributed by atoms with van der Waals surface area (Å²) in [5, 5.41) is 5.11. The third kappa shape index (κ3) is 4.63. The summed E-state index contributed by atoms with van der Waals surface area (Å²) in [4.78, 5) is 9.03. The molecule has 0 radical (unpaired) electrons. The Morgan fingerprint density at radius 2 is 1.88 bits per heavy atom. The highest BCUT2D eigenvalue weighted by atomic mass is 32.1. The molecule has 2 aromatic heterocycles. The molecular formula is C18H18F3N3OS. The number of hydrogen-bond donors (Lipinski definition) is 1. The molecule has 8 heteroatoms. The minimum absolute atomic E-state index is 0.169. The van der Waals surface area contributed by atoms with Crippen LogP contribution in [-0.4, -0.2) is 22.4 Å². The van der Waals surface area contributed by atoms with Crippen LogP contribution < -0.4 is 10.1 Å². The van der Waals surface area contributed by atoms with Gasteiger partial charge in [-0.3, -0.25) is 0 Å². The van der Waals surface area contributed by atoms with Crippen molar-refractivity contribution >= 4 is 27.5 Å². The molecule has 0 saturated heterocycles. The van der Waals surface area contributed by atoms with Crippen LogP contribution in [0.3, 0.4) is 0 Å². The quantitative estimate of drug-likeness (QED) is 0.638. The molecule has 0 aliphatic rings. The van der Waals surface area contributed by atoms with Gasteiger partial charge in [-0.2, -0.15) is 0 Å². The molecule has 4 nitrogen and oxygen atoms in total. The summed E-state index contributed by atoms with van der Waals surface area (Å²) in [6.45, 7) is 3.98. The van der Waals surface area contributed by atoms with Crippen molar-refractivity contribution in [2.45, 2.75) is 39.1 Å². The van der Waals surface area contributed by atoms with Gasteiger partial charge in [0.1, 0.15) is 5.75 Å². The van der Waals surface area contributed by atoms with Crippen LogP contribution in [0.1, 0.15) is 25.1 Å². The Labute approximate surface area is 153 Å². The fourth-order valence-corrected chi connectivity index (χ4v) is 3.46. The first-order valence-electron chi connectivity index (χ1n) is 8.16. The smallest absolute Gasteiger partial charge is 0.406 e. The lowest BCUT2D eigenvalue weighted by Crippen LogP contribution is -2.18. The minimum Gasteiger partial charge on any atom is -0.406 e. The first kappa shape index (κ1) is 18.4. The second-order valence-electron chi connectivity index (χ2n) is 6.08. The zero-order valence-electron chi connectivity index (χ0n) is 14.3. The van der Waals surface area contributed by atoms with Gasteiger partial charge in [0.2, 0.25) is 5.95 Å². The van der Waals surface area contributed by atoms with Crippen molar-refractivity contribution in [1.82, 2.24) is 9.97 Å². The van der Waals surface area contributed by atoms with E-state index in [1.807, 2.05) is 25.3 Å². The van der Waals surface area contributed by atoms with Crippen LogP contribution >= 0.6 is 11.3 Å². The molecule has 0 amide bonds. The van der Waals surface area contributed by atoms with Crippen LogP contribution in [0.15, 0.2) is 35.7 Å². The topological polar surface area (TPSA) is 47.0 Å². The number of nitrogens with zero attached hydrogens (tertiary/aromatic N) is 2. The van der Waals surface area contributed by atoms with Crippen LogP contribution in [0, 0.1) is 0 Å². The van der Waals surface area contributed by atoms with E-state index in [4.69, 9.17) is 0 Å². The van der Waals surface area contributed by atoms with Crippen LogP contribution in [0.5, 0.6) is 5.75 Å². The zero-order valence-corrected chi connectivity index (χ0v) is 15.1. The predicted molar refractivity (Wildman–Crippen MR) is 96.7 cm³/mol. The highest BCUT2D eigenvalue weighted by Crippen LogP contribution is 2.29. The molecule has 1 aromatic carbocycles. The van der Waals surface area contributed by atoms with E-state index < -0.39 is 6.36 Å². The standard InChI is InChI=1S/C18H18F3N3OS/c1-11(2)22-17-23-13(16-14(24-17)9-10-26-16)8-7-12-5-3-4-6-15(12)25-18(19,20)21/h3-6,9-11H,7-8H2,1-2H3,(H,22,23,24). The Morgan fingerprint density at radius 3 is 2.62 bits per heavy atom. The van der Waals surface area contributed by atoms with Crippen LogP contribution in [0.4, 0.5) is 19.1 Å². The summed E-state index contributed by atoms with van der Waals surface area (Å²) in [7, 11) is 0. The number of halogens is 3. The van der Waals surface area contributed by atoms with E-state index in [0.717, 1.165) is 15.9 Å². The van der Waals surface area contributed by atoms with Crippen molar-refractivity contribution in [3.63, 3.8) is 0 Å². The third-order valence-corrected chi connectivity index (χ3v) is 4.57. The number of alkyl halides is 3. The molecule has 2 heterocycles. The Hall–Kier alpha value is -2.35. The summed E-state index contributed by atoms with van der Waals surface area (Å²) >= 11 is 1.53. The number of ether oxygens (including phenoxy) is 1. The van der Waals surface area contributed by atoms with Gasteiger partial charge in [0.05, 0.1) is 15.9 Å². The third-order valence-electron chi connectivity index (χ3n) is 3.62. The Kier molecular flexibility index (Phi) is 5.31. The largest absolute Gasteiger partial charge is 0.573 e. The Morgan fingerprint density at radius 1 is 1.12 bits per heavy atom.